The molecule has 0 bridgehead atoms. The summed E-state index contributed by atoms with van der Waals surface area (Å²) in [7, 11) is 0. The summed E-state index contributed by atoms with van der Waals surface area (Å²) in [4.78, 5) is 38.2. The van der Waals surface area contributed by atoms with Crippen molar-refractivity contribution in [3.05, 3.63) is 60.8 Å². The number of carbonyl (C=O) groups excluding carboxylic acids is 3. The lowest BCUT2D eigenvalue weighted by molar-refractivity contribution is -0.167. The fourth-order valence-corrected chi connectivity index (χ4v) is 8.90. The molecule has 0 aromatic carbocycles. The molecule has 6 heteroatoms. The lowest BCUT2D eigenvalue weighted by Gasteiger charge is -2.18. The lowest BCUT2D eigenvalue weighted by atomic mass is 10.0. The van der Waals surface area contributed by atoms with Crippen LogP contribution in [-0.4, -0.2) is 37.2 Å². The van der Waals surface area contributed by atoms with Crippen molar-refractivity contribution >= 4 is 17.9 Å². The van der Waals surface area contributed by atoms with Crippen molar-refractivity contribution in [3.8, 4) is 0 Å². The second-order valence-corrected chi connectivity index (χ2v) is 20.6. The van der Waals surface area contributed by atoms with E-state index in [2.05, 4.69) is 81.5 Å². The minimum absolute atomic E-state index is 0.0869. The van der Waals surface area contributed by atoms with Crippen molar-refractivity contribution in [2.75, 3.05) is 13.2 Å². The molecular weight excluding hydrogens is 877 g/mol. The Balaban J connectivity index is 4.37. The Morgan fingerprint density at radius 3 is 0.901 bits per heavy atom. The second-order valence-electron chi connectivity index (χ2n) is 20.6. The Morgan fingerprint density at radius 1 is 0.296 bits per heavy atom. The molecular formula is C65H116O6. The Morgan fingerprint density at radius 2 is 0.549 bits per heavy atom. The van der Waals surface area contributed by atoms with Crippen LogP contribution in [0.1, 0.15) is 316 Å². The maximum atomic E-state index is 12.9. The molecule has 0 aliphatic heterocycles. The molecule has 0 saturated carbocycles. The Kier molecular flexibility index (Phi) is 57.2. The van der Waals surface area contributed by atoms with Crippen molar-refractivity contribution in [2.24, 2.45) is 0 Å². The molecule has 0 N–H and O–H groups in total. The number of hydrogen-bond acceptors (Lipinski definition) is 6. The molecule has 0 heterocycles. The largest absolute Gasteiger partial charge is 0.462 e. The van der Waals surface area contributed by atoms with E-state index >= 15 is 0 Å². The normalized spacial score (nSPS) is 12.4. The highest BCUT2D eigenvalue weighted by atomic mass is 16.6. The van der Waals surface area contributed by atoms with E-state index in [4.69, 9.17) is 14.2 Å². The molecule has 412 valence electrons. The minimum Gasteiger partial charge on any atom is -0.462 e. The van der Waals surface area contributed by atoms with Gasteiger partial charge < -0.3 is 14.2 Å². The summed E-state index contributed by atoms with van der Waals surface area (Å²) in [5.41, 5.74) is 0. The van der Waals surface area contributed by atoms with Gasteiger partial charge in [0.05, 0.1) is 0 Å². The SMILES string of the molecule is CC/C=C\C/C=C\C/C=C\C/C=C\CCCCC(=O)OC[C@H](COC(=O)CCCCCCCCC/C=C\CCCCCCCC)OC(=O)CCCCCCCCCCCCCCCCCCCCCCC. The van der Waals surface area contributed by atoms with E-state index in [1.54, 1.807) is 0 Å². The Bertz CT molecular complexity index is 1280. The van der Waals surface area contributed by atoms with Crippen molar-refractivity contribution in [2.45, 2.75) is 322 Å². The molecule has 0 fully saturated rings. The third kappa shape index (κ3) is 57.9. The van der Waals surface area contributed by atoms with Crippen LogP contribution in [0.4, 0.5) is 0 Å². The van der Waals surface area contributed by atoms with Gasteiger partial charge in [0.1, 0.15) is 13.2 Å². The molecule has 0 aromatic rings. The quantitative estimate of drug-likeness (QED) is 0.0261. The summed E-state index contributed by atoms with van der Waals surface area (Å²) in [6.07, 6.45) is 75.1. The first kappa shape index (κ1) is 68.1. The summed E-state index contributed by atoms with van der Waals surface area (Å²) in [6, 6.07) is 0. The van der Waals surface area contributed by atoms with Gasteiger partial charge in [0.2, 0.25) is 0 Å². The molecule has 1 atom stereocenters. The van der Waals surface area contributed by atoms with Gasteiger partial charge in [-0.05, 0) is 83.5 Å². The third-order valence-electron chi connectivity index (χ3n) is 13.5. The van der Waals surface area contributed by atoms with Crippen molar-refractivity contribution in [1.29, 1.82) is 0 Å². The van der Waals surface area contributed by atoms with Crippen molar-refractivity contribution < 1.29 is 28.6 Å². The Labute approximate surface area is 440 Å². The molecule has 0 aromatic heterocycles. The zero-order valence-corrected chi connectivity index (χ0v) is 47.2. The molecule has 0 radical (unpaired) electrons. The first-order valence-electron chi connectivity index (χ1n) is 30.8. The van der Waals surface area contributed by atoms with Gasteiger partial charge in [-0.2, -0.15) is 0 Å². The summed E-state index contributed by atoms with van der Waals surface area (Å²) < 4.78 is 16.9. The maximum absolute atomic E-state index is 12.9. The van der Waals surface area contributed by atoms with Crippen LogP contribution >= 0.6 is 0 Å². The van der Waals surface area contributed by atoms with Gasteiger partial charge in [-0.1, -0.05) is 274 Å². The van der Waals surface area contributed by atoms with Gasteiger partial charge in [0.15, 0.2) is 6.10 Å². The number of rotatable bonds is 56. The standard InChI is InChI=1S/C65H116O6/c1-4-7-10-13-16-19-22-25-28-30-31-32-33-35-38-41-44-47-50-53-56-59-65(68)71-62(60-69-63(66)57-54-51-48-45-42-39-36-27-24-21-18-15-12-9-6-3)61-70-64(67)58-55-52-49-46-43-40-37-34-29-26-23-20-17-14-11-8-5-2/h9,12,18,21,26-27,29,36,42,45,62H,4-8,10-11,13-17,19-20,22-25,28,30-35,37-41,43-44,46-61H2,1-3H3/b12-9-,21-18-,29-26-,36-27-,45-42-/t62-/m1/s1. The third-order valence-corrected chi connectivity index (χ3v) is 13.5. The van der Waals surface area contributed by atoms with Crippen LogP contribution in [0.2, 0.25) is 0 Å². The van der Waals surface area contributed by atoms with Crippen LogP contribution in [0.3, 0.4) is 0 Å². The van der Waals surface area contributed by atoms with Crippen LogP contribution in [0, 0.1) is 0 Å². The van der Waals surface area contributed by atoms with Crippen LogP contribution in [0.15, 0.2) is 60.8 Å². The van der Waals surface area contributed by atoms with Crippen LogP contribution in [-0.2, 0) is 28.6 Å². The smallest absolute Gasteiger partial charge is 0.306 e. The van der Waals surface area contributed by atoms with E-state index in [0.29, 0.717) is 19.3 Å². The number of hydrogen-bond donors (Lipinski definition) is 0. The predicted molar refractivity (Wildman–Crippen MR) is 307 cm³/mol. The fraction of sp³-hybridized carbons (Fsp3) is 0.800. The van der Waals surface area contributed by atoms with Crippen LogP contribution in [0.5, 0.6) is 0 Å². The fourth-order valence-electron chi connectivity index (χ4n) is 8.90. The van der Waals surface area contributed by atoms with Gasteiger partial charge in [-0.25, -0.2) is 0 Å². The van der Waals surface area contributed by atoms with Gasteiger partial charge in [-0.15, -0.1) is 0 Å². The number of esters is 3. The van der Waals surface area contributed by atoms with E-state index in [0.717, 1.165) is 83.5 Å². The highest BCUT2D eigenvalue weighted by molar-refractivity contribution is 5.71. The van der Waals surface area contributed by atoms with Gasteiger partial charge in [-0.3, -0.25) is 14.4 Å². The zero-order chi connectivity index (χ0) is 51.4. The number of ether oxygens (including phenoxy) is 3. The van der Waals surface area contributed by atoms with Crippen molar-refractivity contribution in [3.63, 3.8) is 0 Å². The van der Waals surface area contributed by atoms with Gasteiger partial charge in [0, 0.05) is 19.3 Å². The first-order chi connectivity index (χ1) is 35.0. The van der Waals surface area contributed by atoms with E-state index in [1.807, 2.05) is 0 Å². The van der Waals surface area contributed by atoms with E-state index in [-0.39, 0.29) is 31.1 Å². The zero-order valence-electron chi connectivity index (χ0n) is 47.2. The topological polar surface area (TPSA) is 78.9 Å². The molecule has 0 unspecified atom stereocenters. The molecule has 0 aliphatic carbocycles. The molecule has 6 nitrogen and oxygen atoms in total. The highest BCUT2D eigenvalue weighted by Gasteiger charge is 2.19. The average Bonchev–Trinajstić information content (AvgIpc) is 3.37. The minimum atomic E-state index is -0.792. The van der Waals surface area contributed by atoms with Crippen LogP contribution in [0.25, 0.3) is 0 Å². The second kappa shape index (κ2) is 59.7. The monoisotopic (exact) mass is 993 g/mol. The number of allylic oxidation sites excluding steroid dienone is 10. The molecule has 0 amide bonds. The average molecular weight is 994 g/mol. The number of carbonyl (C=O) groups is 3. The summed E-state index contributed by atoms with van der Waals surface area (Å²) >= 11 is 0. The molecule has 0 rings (SSSR count). The van der Waals surface area contributed by atoms with Crippen molar-refractivity contribution in [1.82, 2.24) is 0 Å². The molecule has 0 spiro atoms. The van der Waals surface area contributed by atoms with E-state index in [9.17, 15) is 14.4 Å². The van der Waals surface area contributed by atoms with Gasteiger partial charge in [0.25, 0.3) is 0 Å². The van der Waals surface area contributed by atoms with Crippen LogP contribution < -0.4 is 0 Å². The van der Waals surface area contributed by atoms with E-state index in [1.165, 1.54) is 193 Å². The maximum Gasteiger partial charge on any atom is 0.306 e. The van der Waals surface area contributed by atoms with E-state index < -0.39 is 6.10 Å². The first-order valence-corrected chi connectivity index (χ1v) is 30.8. The summed E-state index contributed by atoms with van der Waals surface area (Å²) in [5, 5.41) is 0. The molecule has 0 saturated heterocycles. The predicted octanol–water partition coefficient (Wildman–Crippen LogP) is 20.8. The number of unbranched alkanes of at least 4 members (excludes halogenated alkanes) is 35. The Hall–Kier alpha value is -2.89. The van der Waals surface area contributed by atoms with Gasteiger partial charge >= 0.3 is 17.9 Å². The highest BCUT2D eigenvalue weighted by Crippen LogP contribution is 2.17. The summed E-state index contributed by atoms with van der Waals surface area (Å²) in [5.74, 6) is -0.917. The summed E-state index contributed by atoms with van der Waals surface area (Å²) in [6.45, 7) is 6.53. The molecule has 71 heavy (non-hydrogen) atoms. The lowest BCUT2D eigenvalue weighted by Crippen LogP contribution is -2.30. The molecule has 0 aliphatic rings.